The molecule has 0 N–H and O–H groups in total. The van der Waals surface area contributed by atoms with Crippen LogP contribution in [0.1, 0.15) is 20.9 Å². The molecule has 0 aliphatic rings. The van der Waals surface area contributed by atoms with Crippen LogP contribution < -0.4 is 0 Å². The summed E-state index contributed by atoms with van der Waals surface area (Å²) in [5, 5.41) is 0. The van der Waals surface area contributed by atoms with Gasteiger partial charge in [0, 0.05) is 5.56 Å². The molecular formula is C13H8Br2O3. The fourth-order valence-electron chi connectivity index (χ4n) is 1.44. The molecule has 5 heteroatoms. The molecule has 2 aromatic rings. The van der Waals surface area contributed by atoms with Gasteiger partial charge in [-0.05, 0) is 12.1 Å². The van der Waals surface area contributed by atoms with E-state index in [2.05, 4.69) is 31.9 Å². The SMILES string of the molecule is O=C(c1ccccc1)C(Br)(Br)C(=O)c1ccco1. The van der Waals surface area contributed by atoms with Crippen molar-refractivity contribution in [3.05, 3.63) is 60.1 Å². The molecular weight excluding hydrogens is 364 g/mol. The molecule has 0 spiro atoms. The van der Waals surface area contributed by atoms with Gasteiger partial charge in [0.25, 0.3) is 0 Å². The molecule has 0 fully saturated rings. The fourth-order valence-corrected chi connectivity index (χ4v) is 2.29. The number of ketones is 2. The Morgan fingerprint density at radius 1 is 0.944 bits per heavy atom. The third kappa shape index (κ3) is 2.47. The van der Waals surface area contributed by atoms with Crippen LogP contribution in [-0.2, 0) is 0 Å². The number of hydrogen-bond donors (Lipinski definition) is 0. The minimum Gasteiger partial charge on any atom is -0.461 e. The maximum Gasteiger partial charge on any atom is 0.233 e. The lowest BCUT2D eigenvalue weighted by Gasteiger charge is -2.16. The van der Waals surface area contributed by atoms with Crippen LogP contribution in [0.15, 0.2) is 53.1 Å². The van der Waals surface area contributed by atoms with Crippen molar-refractivity contribution < 1.29 is 14.0 Å². The molecule has 0 atom stereocenters. The first kappa shape index (κ1) is 13.2. The largest absolute Gasteiger partial charge is 0.461 e. The van der Waals surface area contributed by atoms with Crippen molar-refractivity contribution in [2.24, 2.45) is 0 Å². The van der Waals surface area contributed by atoms with Gasteiger partial charge in [-0.2, -0.15) is 0 Å². The van der Waals surface area contributed by atoms with Gasteiger partial charge >= 0.3 is 0 Å². The van der Waals surface area contributed by atoms with Crippen molar-refractivity contribution in [2.75, 3.05) is 0 Å². The highest BCUT2D eigenvalue weighted by molar-refractivity contribution is 9.26. The maximum atomic E-state index is 12.2. The average molecular weight is 372 g/mol. The highest BCUT2D eigenvalue weighted by Crippen LogP contribution is 2.34. The van der Waals surface area contributed by atoms with E-state index in [1.165, 1.54) is 12.3 Å². The molecule has 0 amide bonds. The zero-order chi connectivity index (χ0) is 13.2. The number of alkyl halides is 2. The van der Waals surface area contributed by atoms with E-state index in [4.69, 9.17) is 4.42 Å². The van der Waals surface area contributed by atoms with Gasteiger partial charge in [0.05, 0.1) is 6.26 Å². The van der Waals surface area contributed by atoms with Crippen molar-refractivity contribution in [1.29, 1.82) is 0 Å². The second-order valence-corrected chi connectivity index (χ2v) is 7.02. The van der Waals surface area contributed by atoms with Crippen LogP contribution in [0.4, 0.5) is 0 Å². The van der Waals surface area contributed by atoms with E-state index >= 15 is 0 Å². The Morgan fingerprint density at radius 2 is 1.61 bits per heavy atom. The smallest absolute Gasteiger partial charge is 0.233 e. The first-order valence-corrected chi connectivity index (χ1v) is 6.68. The molecule has 3 nitrogen and oxygen atoms in total. The third-order valence-electron chi connectivity index (χ3n) is 2.35. The van der Waals surface area contributed by atoms with Crippen molar-refractivity contribution in [3.8, 4) is 0 Å². The Bertz CT molecular complexity index is 559. The van der Waals surface area contributed by atoms with E-state index in [1.807, 2.05) is 0 Å². The molecule has 0 aliphatic carbocycles. The van der Waals surface area contributed by atoms with Gasteiger partial charge in [-0.25, -0.2) is 0 Å². The van der Waals surface area contributed by atoms with Gasteiger partial charge in [0.2, 0.25) is 9.02 Å². The van der Waals surface area contributed by atoms with Gasteiger partial charge in [-0.1, -0.05) is 62.2 Å². The summed E-state index contributed by atoms with van der Waals surface area (Å²) < 4.78 is 3.51. The lowest BCUT2D eigenvalue weighted by molar-refractivity contribution is 0.0878. The zero-order valence-corrected chi connectivity index (χ0v) is 12.3. The van der Waals surface area contributed by atoms with Crippen molar-refractivity contribution in [3.63, 3.8) is 0 Å². The summed E-state index contributed by atoms with van der Waals surface area (Å²) >= 11 is 6.26. The summed E-state index contributed by atoms with van der Waals surface area (Å²) in [7, 11) is 0. The van der Waals surface area contributed by atoms with E-state index in [0.717, 1.165) is 0 Å². The predicted octanol–water partition coefficient (Wildman–Crippen LogP) is 3.83. The van der Waals surface area contributed by atoms with E-state index in [0.29, 0.717) is 5.56 Å². The van der Waals surface area contributed by atoms with E-state index in [-0.39, 0.29) is 11.5 Å². The molecule has 0 aliphatic heterocycles. The summed E-state index contributed by atoms with van der Waals surface area (Å²) in [6.07, 6.45) is 1.39. The maximum absolute atomic E-state index is 12.2. The Hall–Kier alpha value is -1.20. The van der Waals surface area contributed by atoms with E-state index in [1.54, 1.807) is 36.4 Å². The molecule has 0 bridgehead atoms. The van der Waals surface area contributed by atoms with Gasteiger partial charge in [-0.3, -0.25) is 9.59 Å². The Kier molecular flexibility index (Phi) is 3.82. The molecule has 0 unspecified atom stereocenters. The molecule has 2 rings (SSSR count). The Balaban J connectivity index is 2.32. The number of carbonyl (C=O) groups excluding carboxylic acids is 2. The van der Waals surface area contributed by atoms with Crippen molar-refractivity contribution in [1.82, 2.24) is 0 Å². The third-order valence-corrected chi connectivity index (χ3v) is 3.79. The number of rotatable bonds is 4. The molecule has 0 saturated carbocycles. The lowest BCUT2D eigenvalue weighted by Crippen LogP contribution is -2.34. The number of halogens is 2. The lowest BCUT2D eigenvalue weighted by atomic mass is 10.0. The van der Waals surface area contributed by atoms with Crippen LogP contribution in [0, 0.1) is 0 Å². The topological polar surface area (TPSA) is 47.3 Å². The van der Waals surface area contributed by atoms with Crippen LogP contribution in [0.3, 0.4) is 0 Å². The number of benzene rings is 1. The summed E-state index contributed by atoms with van der Waals surface area (Å²) in [6, 6.07) is 11.7. The van der Waals surface area contributed by atoms with Gasteiger partial charge < -0.3 is 4.42 Å². The fraction of sp³-hybridized carbons (Fsp3) is 0.0769. The summed E-state index contributed by atoms with van der Waals surface area (Å²) in [5.41, 5.74) is 0.436. The first-order chi connectivity index (χ1) is 8.53. The van der Waals surface area contributed by atoms with Crippen molar-refractivity contribution >= 4 is 43.4 Å². The van der Waals surface area contributed by atoms with Crippen molar-refractivity contribution in [2.45, 2.75) is 3.23 Å². The van der Waals surface area contributed by atoms with E-state index < -0.39 is 9.02 Å². The molecule has 1 heterocycles. The molecule has 0 saturated heterocycles. The Labute approximate surface area is 120 Å². The standard InChI is InChI=1S/C13H8Br2O3/c14-13(15,12(17)10-7-4-8-18-10)11(16)9-5-2-1-3-6-9/h1-8H. The molecule has 0 radical (unpaired) electrons. The highest BCUT2D eigenvalue weighted by Gasteiger charge is 2.42. The monoisotopic (exact) mass is 370 g/mol. The van der Waals surface area contributed by atoms with E-state index in [9.17, 15) is 9.59 Å². The second-order valence-electron chi connectivity index (χ2n) is 3.58. The molecule has 18 heavy (non-hydrogen) atoms. The molecule has 92 valence electrons. The molecule has 1 aromatic heterocycles. The molecule has 1 aromatic carbocycles. The van der Waals surface area contributed by atoms with Crippen LogP contribution in [-0.4, -0.2) is 14.8 Å². The number of hydrogen-bond acceptors (Lipinski definition) is 3. The number of carbonyl (C=O) groups is 2. The van der Waals surface area contributed by atoms with Crippen LogP contribution in [0.25, 0.3) is 0 Å². The normalized spacial score (nSPS) is 11.2. The van der Waals surface area contributed by atoms with Crippen LogP contribution >= 0.6 is 31.9 Å². The Morgan fingerprint density at radius 3 is 2.17 bits per heavy atom. The van der Waals surface area contributed by atoms with Crippen LogP contribution in [0.5, 0.6) is 0 Å². The summed E-state index contributed by atoms with van der Waals surface area (Å²) in [6.45, 7) is 0. The van der Waals surface area contributed by atoms with Gasteiger partial charge in [-0.15, -0.1) is 0 Å². The van der Waals surface area contributed by atoms with Gasteiger partial charge in [0.15, 0.2) is 11.5 Å². The summed E-state index contributed by atoms with van der Waals surface area (Å²) in [5.74, 6) is -0.723. The minimum absolute atomic E-state index is 0.119. The quantitative estimate of drug-likeness (QED) is 0.466. The minimum atomic E-state index is -1.50. The average Bonchev–Trinajstić information content (AvgIpc) is 2.91. The second kappa shape index (κ2) is 5.20. The number of furan rings is 1. The first-order valence-electron chi connectivity index (χ1n) is 5.09. The number of Topliss-reactive ketones (excluding diaryl/α,β-unsaturated/α-hetero) is 2. The predicted molar refractivity (Wildman–Crippen MR) is 74.4 cm³/mol. The van der Waals surface area contributed by atoms with Crippen LogP contribution in [0.2, 0.25) is 0 Å². The van der Waals surface area contributed by atoms with Gasteiger partial charge in [0.1, 0.15) is 0 Å². The summed E-state index contributed by atoms with van der Waals surface area (Å²) in [4.78, 5) is 24.4. The zero-order valence-electron chi connectivity index (χ0n) is 9.10. The highest BCUT2D eigenvalue weighted by atomic mass is 79.9.